The van der Waals surface area contributed by atoms with E-state index < -0.39 is 0 Å². The topological polar surface area (TPSA) is 30.7 Å². The summed E-state index contributed by atoms with van der Waals surface area (Å²) in [6, 6.07) is 0. The molecule has 0 bridgehead atoms. The van der Waals surface area contributed by atoms with Gasteiger partial charge in [-0.15, -0.1) is 10.2 Å². The van der Waals surface area contributed by atoms with Gasteiger partial charge in [0.05, 0.1) is 0 Å². The number of hydrogen-bond donors (Lipinski definition) is 0. The lowest BCUT2D eigenvalue weighted by Crippen LogP contribution is -2.18. The fourth-order valence-electron chi connectivity index (χ4n) is 2.20. The van der Waals surface area contributed by atoms with Gasteiger partial charge in [0.2, 0.25) is 5.28 Å². The summed E-state index contributed by atoms with van der Waals surface area (Å²) in [5.74, 6) is 1.77. The van der Waals surface area contributed by atoms with E-state index in [-0.39, 0.29) is 5.54 Å². The molecule has 2 fully saturated rings. The molecule has 76 valence electrons. The molecule has 0 aliphatic heterocycles. The summed E-state index contributed by atoms with van der Waals surface area (Å²) in [5.41, 5.74) is 0.276. The maximum absolute atomic E-state index is 6.11. The molecule has 14 heavy (non-hydrogen) atoms. The molecular weight excluding hydrogens is 198 g/mol. The van der Waals surface area contributed by atoms with E-state index in [2.05, 4.69) is 21.7 Å². The van der Waals surface area contributed by atoms with Crippen LogP contribution < -0.4 is 0 Å². The first-order valence-corrected chi connectivity index (χ1v) is 5.76. The molecule has 0 unspecified atom stereocenters. The molecule has 0 amide bonds. The number of rotatable bonds is 3. The molecule has 2 aliphatic rings. The summed E-state index contributed by atoms with van der Waals surface area (Å²) in [4.78, 5) is 0. The summed E-state index contributed by atoms with van der Waals surface area (Å²) in [6.07, 6.45) is 6.13. The van der Waals surface area contributed by atoms with Gasteiger partial charge in [0, 0.05) is 11.5 Å². The Morgan fingerprint density at radius 2 is 2.14 bits per heavy atom. The highest BCUT2D eigenvalue weighted by molar-refractivity contribution is 6.28. The lowest BCUT2D eigenvalue weighted by Gasteiger charge is -2.17. The third-order valence-corrected chi connectivity index (χ3v) is 3.80. The van der Waals surface area contributed by atoms with Crippen LogP contribution >= 0.6 is 11.6 Å². The average Bonchev–Trinajstić information content (AvgIpc) is 3.09. The van der Waals surface area contributed by atoms with Crippen molar-refractivity contribution in [2.75, 3.05) is 0 Å². The Balaban J connectivity index is 2.05. The standard InChI is InChI=1S/C10H14ClN3/c1-2-10(5-6-10)14-8(7-3-4-7)12-13-9(14)11/h7H,2-6H2,1H3. The van der Waals surface area contributed by atoms with Crippen molar-refractivity contribution < 1.29 is 0 Å². The van der Waals surface area contributed by atoms with Crippen molar-refractivity contribution in [1.29, 1.82) is 0 Å². The lowest BCUT2D eigenvalue weighted by atomic mass is 10.2. The van der Waals surface area contributed by atoms with E-state index in [1.54, 1.807) is 0 Å². The van der Waals surface area contributed by atoms with E-state index in [1.165, 1.54) is 25.7 Å². The number of hydrogen-bond acceptors (Lipinski definition) is 2. The maximum Gasteiger partial charge on any atom is 0.225 e. The van der Waals surface area contributed by atoms with Gasteiger partial charge in [-0.1, -0.05) is 6.92 Å². The van der Waals surface area contributed by atoms with Gasteiger partial charge < -0.3 is 0 Å². The van der Waals surface area contributed by atoms with E-state index in [4.69, 9.17) is 11.6 Å². The molecule has 2 aliphatic carbocycles. The van der Waals surface area contributed by atoms with Crippen molar-refractivity contribution in [1.82, 2.24) is 14.8 Å². The average molecular weight is 212 g/mol. The van der Waals surface area contributed by atoms with E-state index in [0.29, 0.717) is 11.2 Å². The molecule has 3 nitrogen and oxygen atoms in total. The molecule has 0 spiro atoms. The van der Waals surface area contributed by atoms with E-state index >= 15 is 0 Å². The van der Waals surface area contributed by atoms with Crippen LogP contribution in [0.25, 0.3) is 0 Å². The number of nitrogens with zero attached hydrogens (tertiary/aromatic N) is 3. The summed E-state index contributed by atoms with van der Waals surface area (Å²) in [6.45, 7) is 2.22. The number of halogens is 1. The minimum Gasteiger partial charge on any atom is -0.295 e. The summed E-state index contributed by atoms with van der Waals surface area (Å²) >= 11 is 6.11. The second-order valence-electron chi connectivity index (χ2n) is 4.51. The van der Waals surface area contributed by atoms with Crippen LogP contribution in [0.4, 0.5) is 0 Å². The zero-order valence-corrected chi connectivity index (χ0v) is 9.09. The van der Waals surface area contributed by atoms with Gasteiger partial charge in [-0.05, 0) is 43.7 Å². The molecule has 1 aromatic heterocycles. The molecule has 0 N–H and O–H groups in total. The highest BCUT2D eigenvalue weighted by Gasteiger charge is 2.47. The minimum atomic E-state index is 0.276. The second kappa shape index (κ2) is 2.72. The van der Waals surface area contributed by atoms with E-state index in [0.717, 1.165) is 12.2 Å². The summed E-state index contributed by atoms with van der Waals surface area (Å²) < 4.78 is 2.20. The molecule has 2 saturated carbocycles. The van der Waals surface area contributed by atoms with Crippen molar-refractivity contribution in [2.24, 2.45) is 0 Å². The van der Waals surface area contributed by atoms with Gasteiger partial charge in [-0.3, -0.25) is 4.57 Å². The molecule has 0 atom stereocenters. The third kappa shape index (κ3) is 1.11. The van der Waals surface area contributed by atoms with E-state index in [9.17, 15) is 0 Å². The molecule has 3 rings (SSSR count). The Bertz CT molecular complexity index is 363. The summed E-state index contributed by atoms with van der Waals surface area (Å²) in [5, 5.41) is 8.81. The van der Waals surface area contributed by atoms with Crippen molar-refractivity contribution in [2.45, 2.75) is 50.5 Å². The van der Waals surface area contributed by atoms with Crippen molar-refractivity contribution in [3.05, 3.63) is 11.1 Å². The smallest absolute Gasteiger partial charge is 0.225 e. The van der Waals surface area contributed by atoms with Crippen LogP contribution in [-0.4, -0.2) is 14.8 Å². The monoisotopic (exact) mass is 211 g/mol. The Morgan fingerprint density at radius 1 is 1.43 bits per heavy atom. The third-order valence-electron chi connectivity index (χ3n) is 3.55. The van der Waals surface area contributed by atoms with Crippen LogP contribution in [0.3, 0.4) is 0 Å². The normalized spacial score (nSPS) is 23.9. The van der Waals surface area contributed by atoms with Crippen LogP contribution in [0.2, 0.25) is 5.28 Å². The molecule has 0 saturated heterocycles. The molecule has 4 heteroatoms. The maximum atomic E-state index is 6.11. The van der Waals surface area contributed by atoms with Crippen LogP contribution in [0.5, 0.6) is 0 Å². The second-order valence-corrected chi connectivity index (χ2v) is 4.85. The highest BCUT2D eigenvalue weighted by Crippen LogP contribution is 2.51. The van der Waals surface area contributed by atoms with Crippen molar-refractivity contribution >= 4 is 11.6 Å². The first-order valence-electron chi connectivity index (χ1n) is 5.38. The van der Waals surface area contributed by atoms with Gasteiger partial charge >= 0.3 is 0 Å². The van der Waals surface area contributed by atoms with Gasteiger partial charge in [0.25, 0.3) is 0 Å². The Morgan fingerprint density at radius 3 is 2.64 bits per heavy atom. The molecule has 1 aromatic rings. The fourth-order valence-corrected chi connectivity index (χ4v) is 2.50. The van der Waals surface area contributed by atoms with Crippen LogP contribution in [0.1, 0.15) is 50.8 Å². The summed E-state index contributed by atoms with van der Waals surface area (Å²) in [7, 11) is 0. The SMILES string of the molecule is CCC1(n2c(Cl)nnc2C2CC2)CC1. The van der Waals surface area contributed by atoms with Crippen LogP contribution in [0.15, 0.2) is 0 Å². The van der Waals surface area contributed by atoms with Gasteiger partial charge in [-0.25, -0.2) is 0 Å². The van der Waals surface area contributed by atoms with Crippen LogP contribution in [0, 0.1) is 0 Å². The lowest BCUT2D eigenvalue weighted by molar-refractivity contribution is 0.447. The Kier molecular flexibility index (Phi) is 1.69. The number of aromatic nitrogens is 3. The van der Waals surface area contributed by atoms with Gasteiger partial charge in [0.15, 0.2) is 0 Å². The zero-order valence-electron chi connectivity index (χ0n) is 8.33. The molecule has 1 heterocycles. The van der Waals surface area contributed by atoms with Crippen LogP contribution in [-0.2, 0) is 5.54 Å². The highest BCUT2D eigenvalue weighted by atomic mass is 35.5. The van der Waals surface area contributed by atoms with E-state index in [1.807, 2.05) is 0 Å². The fraction of sp³-hybridized carbons (Fsp3) is 0.800. The van der Waals surface area contributed by atoms with Gasteiger partial charge in [-0.2, -0.15) is 0 Å². The first-order chi connectivity index (χ1) is 6.77. The largest absolute Gasteiger partial charge is 0.295 e. The molecule has 0 radical (unpaired) electrons. The van der Waals surface area contributed by atoms with Gasteiger partial charge in [0.1, 0.15) is 5.82 Å². The Labute approximate surface area is 88.5 Å². The Hall–Kier alpha value is -0.570. The molecule has 0 aromatic carbocycles. The zero-order chi connectivity index (χ0) is 9.76. The molecular formula is C10H14ClN3. The minimum absolute atomic E-state index is 0.276. The predicted octanol–water partition coefficient (Wildman–Crippen LogP) is 2.71. The van der Waals surface area contributed by atoms with Crippen molar-refractivity contribution in [3.63, 3.8) is 0 Å². The predicted molar refractivity (Wildman–Crippen MR) is 54.5 cm³/mol. The first kappa shape index (κ1) is 8.72. The van der Waals surface area contributed by atoms with Crippen molar-refractivity contribution in [3.8, 4) is 0 Å². The quantitative estimate of drug-likeness (QED) is 0.770.